The van der Waals surface area contributed by atoms with Crippen molar-refractivity contribution in [3.8, 4) is 0 Å². The van der Waals surface area contributed by atoms with Crippen molar-refractivity contribution in [2.75, 3.05) is 20.1 Å². The molecule has 0 saturated heterocycles. The standard InChI is InChI=1S/C17H28N6O.HI/c1-4-6-9-18-17(22(3)13-15-8-7-12-24-15)19-10-11-23-14-20-21-16(23)5-2;/h7-8,12,14H,4-6,9-11,13H2,1-3H3,(H,18,19);1H. The van der Waals surface area contributed by atoms with Gasteiger partial charge in [-0.3, -0.25) is 4.99 Å². The van der Waals surface area contributed by atoms with Crippen LogP contribution in [-0.4, -0.2) is 45.8 Å². The lowest BCUT2D eigenvalue weighted by Crippen LogP contribution is -2.40. The summed E-state index contributed by atoms with van der Waals surface area (Å²) in [7, 11) is 2.02. The first-order valence-corrected chi connectivity index (χ1v) is 8.63. The largest absolute Gasteiger partial charge is 0.467 e. The number of nitrogens with one attached hydrogen (secondary N) is 1. The molecule has 0 aliphatic heterocycles. The van der Waals surface area contributed by atoms with E-state index < -0.39 is 0 Å². The zero-order valence-electron chi connectivity index (χ0n) is 15.3. The number of nitrogens with zero attached hydrogens (tertiary/aromatic N) is 5. The highest BCUT2D eigenvalue weighted by Gasteiger charge is 2.09. The summed E-state index contributed by atoms with van der Waals surface area (Å²) < 4.78 is 7.50. The van der Waals surface area contributed by atoms with Crippen LogP contribution in [0.5, 0.6) is 0 Å². The summed E-state index contributed by atoms with van der Waals surface area (Å²) >= 11 is 0. The van der Waals surface area contributed by atoms with E-state index in [1.54, 1.807) is 12.6 Å². The molecular weight excluding hydrogens is 431 g/mol. The molecule has 0 unspecified atom stereocenters. The highest BCUT2D eigenvalue weighted by atomic mass is 127. The van der Waals surface area contributed by atoms with Crippen molar-refractivity contribution in [3.63, 3.8) is 0 Å². The van der Waals surface area contributed by atoms with Gasteiger partial charge in [-0.1, -0.05) is 20.3 Å². The molecule has 0 spiro atoms. The zero-order valence-corrected chi connectivity index (χ0v) is 17.6. The predicted octanol–water partition coefficient (Wildman–Crippen LogP) is 2.93. The van der Waals surface area contributed by atoms with Crippen LogP contribution in [0.1, 0.15) is 38.3 Å². The maximum Gasteiger partial charge on any atom is 0.194 e. The van der Waals surface area contributed by atoms with Gasteiger partial charge in [0.1, 0.15) is 17.9 Å². The van der Waals surface area contributed by atoms with Gasteiger partial charge in [-0.25, -0.2) is 0 Å². The van der Waals surface area contributed by atoms with E-state index in [0.29, 0.717) is 6.54 Å². The molecule has 0 aliphatic rings. The summed E-state index contributed by atoms with van der Waals surface area (Å²) in [6.07, 6.45) is 6.59. The van der Waals surface area contributed by atoms with Crippen molar-refractivity contribution in [3.05, 3.63) is 36.3 Å². The van der Waals surface area contributed by atoms with Gasteiger partial charge in [0, 0.05) is 33.1 Å². The zero-order chi connectivity index (χ0) is 17.2. The van der Waals surface area contributed by atoms with Crippen molar-refractivity contribution in [1.82, 2.24) is 25.0 Å². The number of unbranched alkanes of at least 4 members (excludes halogenated alkanes) is 1. The maximum atomic E-state index is 5.43. The smallest absolute Gasteiger partial charge is 0.194 e. The minimum absolute atomic E-state index is 0. The third-order valence-corrected chi connectivity index (χ3v) is 3.76. The van der Waals surface area contributed by atoms with Crippen molar-refractivity contribution in [2.24, 2.45) is 4.99 Å². The second-order valence-electron chi connectivity index (χ2n) is 5.72. The molecule has 2 aromatic rings. The minimum atomic E-state index is 0. The minimum Gasteiger partial charge on any atom is -0.467 e. The molecule has 0 atom stereocenters. The van der Waals surface area contributed by atoms with Crippen LogP contribution in [0.4, 0.5) is 0 Å². The van der Waals surface area contributed by atoms with E-state index in [1.165, 1.54) is 0 Å². The van der Waals surface area contributed by atoms with E-state index in [4.69, 9.17) is 9.41 Å². The van der Waals surface area contributed by atoms with Gasteiger partial charge in [0.2, 0.25) is 0 Å². The normalized spacial score (nSPS) is 11.2. The molecule has 25 heavy (non-hydrogen) atoms. The second kappa shape index (κ2) is 11.9. The van der Waals surface area contributed by atoms with Crippen LogP contribution in [0.2, 0.25) is 0 Å². The molecule has 0 amide bonds. The number of aliphatic imine (C=N–C) groups is 1. The van der Waals surface area contributed by atoms with Crippen LogP contribution in [-0.2, 0) is 19.5 Å². The molecule has 140 valence electrons. The van der Waals surface area contributed by atoms with Crippen LogP contribution >= 0.6 is 24.0 Å². The summed E-state index contributed by atoms with van der Waals surface area (Å²) in [5.74, 6) is 2.82. The number of hydrogen-bond donors (Lipinski definition) is 1. The summed E-state index contributed by atoms with van der Waals surface area (Å²) in [5.41, 5.74) is 0. The van der Waals surface area contributed by atoms with E-state index >= 15 is 0 Å². The van der Waals surface area contributed by atoms with Crippen molar-refractivity contribution >= 4 is 29.9 Å². The van der Waals surface area contributed by atoms with Crippen LogP contribution in [0, 0.1) is 0 Å². The Bertz CT molecular complexity index is 610. The summed E-state index contributed by atoms with van der Waals surface area (Å²) in [6.45, 7) is 7.37. The molecule has 8 heteroatoms. The first-order chi connectivity index (χ1) is 11.7. The van der Waals surface area contributed by atoms with Gasteiger partial charge in [-0.05, 0) is 18.6 Å². The fraction of sp³-hybridized carbons (Fsp3) is 0.588. The molecule has 2 aromatic heterocycles. The Morgan fingerprint density at radius 1 is 1.40 bits per heavy atom. The number of aromatic nitrogens is 3. The maximum absolute atomic E-state index is 5.43. The number of hydrogen-bond acceptors (Lipinski definition) is 4. The quantitative estimate of drug-likeness (QED) is 0.270. The molecular formula is C17H29IN6O. The van der Waals surface area contributed by atoms with Gasteiger partial charge >= 0.3 is 0 Å². The lowest BCUT2D eigenvalue weighted by molar-refractivity contribution is 0.398. The Morgan fingerprint density at radius 2 is 2.24 bits per heavy atom. The molecule has 0 radical (unpaired) electrons. The third kappa shape index (κ3) is 7.05. The highest BCUT2D eigenvalue weighted by molar-refractivity contribution is 14.0. The van der Waals surface area contributed by atoms with E-state index in [0.717, 1.165) is 56.4 Å². The Balaban J connectivity index is 0.00000312. The predicted molar refractivity (Wildman–Crippen MR) is 110 cm³/mol. The number of aryl methyl sites for hydroxylation is 1. The molecule has 1 N–H and O–H groups in total. The van der Waals surface area contributed by atoms with Crippen LogP contribution < -0.4 is 5.32 Å². The van der Waals surface area contributed by atoms with Gasteiger partial charge in [0.25, 0.3) is 0 Å². The Morgan fingerprint density at radius 3 is 2.92 bits per heavy atom. The Labute approximate surface area is 166 Å². The molecule has 0 aliphatic carbocycles. The molecule has 0 bridgehead atoms. The molecule has 7 nitrogen and oxygen atoms in total. The number of halogens is 1. The van der Waals surface area contributed by atoms with Crippen molar-refractivity contribution in [2.45, 2.75) is 46.2 Å². The van der Waals surface area contributed by atoms with E-state index in [9.17, 15) is 0 Å². The molecule has 0 fully saturated rings. The lowest BCUT2D eigenvalue weighted by atomic mass is 10.3. The first kappa shape index (κ1) is 21.5. The lowest BCUT2D eigenvalue weighted by Gasteiger charge is -2.22. The summed E-state index contributed by atoms with van der Waals surface area (Å²) in [4.78, 5) is 6.79. The molecule has 2 heterocycles. The average molecular weight is 460 g/mol. The average Bonchev–Trinajstić information content (AvgIpc) is 3.24. The molecule has 0 aromatic carbocycles. The Hall–Kier alpha value is -1.58. The van der Waals surface area contributed by atoms with E-state index in [2.05, 4.69) is 38.8 Å². The van der Waals surface area contributed by atoms with Crippen LogP contribution in [0.25, 0.3) is 0 Å². The molecule has 2 rings (SSSR count). The van der Waals surface area contributed by atoms with Gasteiger partial charge < -0.3 is 19.2 Å². The van der Waals surface area contributed by atoms with Crippen molar-refractivity contribution < 1.29 is 4.42 Å². The molecule has 0 saturated carbocycles. The van der Waals surface area contributed by atoms with Crippen molar-refractivity contribution in [1.29, 1.82) is 0 Å². The highest BCUT2D eigenvalue weighted by Crippen LogP contribution is 2.04. The SMILES string of the molecule is CCCCN=C(NCCn1cnnc1CC)N(C)Cc1ccco1.I. The van der Waals surface area contributed by atoms with E-state index in [1.807, 2.05) is 19.2 Å². The Kier molecular flexibility index (Phi) is 10.2. The van der Waals surface area contributed by atoms with Crippen LogP contribution in [0.15, 0.2) is 34.1 Å². The topological polar surface area (TPSA) is 71.5 Å². The monoisotopic (exact) mass is 460 g/mol. The third-order valence-electron chi connectivity index (χ3n) is 3.76. The van der Waals surface area contributed by atoms with Gasteiger partial charge in [-0.15, -0.1) is 34.2 Å². The van der Waals surface area contributed by atoms with Gasteiger partial charge in [0.05, 0.1) is 12.8 Å². The summed E-state index contributed by atoms with van der Waals surface area (Å²) in [6, 6.07) is 3.88. The fourth-order valence-electron chi connectivity index (χ4n) is 2.39. The van der Waals surface area contributed by atoms with Crippen LogP contribution in [0.3, 0.4) is 0 Å². The fourth-order valence-corrected chi connectivity index (χ4v) is 2.39. The number of guanidine groups is 1. The second-order valence-corrected chi connectivity index (χ2v) is 5.72. The van der Waals surface area contributed by atoms with Gasteiger partial charge in [0.15, 0.2) is 5.96 Å². The first-order valence-electron chi connectivity index (χ1n) is 8.63. The number of furan rings is 1. The van der Waals surface area contributed by atoms with Gasteiger partial charge in [-0.2, -0.15) is 0 Å². The summed E-state index contributed by atoms with van der Waals surface area (Å²) in [5, 5.41) is 11.5. The van der Waals surface area contributed by atoms with E-state index in [-0.39, 0.29) is 24.0 Å². The number of rotatable bonds is 9.